The van der Waals surface area contributed by atoms with Crippen molar-refractivity contribution in [3.63, 3.8) is 0 Å². The van der Waals surface area contributed by atoms with Crippen LogP contribution in [0.3, 0.4) is 0 Å². The van der Waals surface area contributed by atoms with E-state index in [1.165, 1.54) is 6.92 Å². The molecule has 3 aromatic rings. The minimum atomic E-state index is -1.91. The summed E-state index contributed by atoms with van der Waals surface area (Å²) in [7, 11) is 5.42. The summed E-state index contributed by atoms with van der Waals surface area (Å²) in [5.74, 6) is -3.42. The number of ether oxygens (including phenoxy) is 5. The van der Waals surface area contributed by atoms with Gasteiger partial charge in [-0.05, 0) is 97.3 Å². The van der Waals surface area contributed by atoms with Crippen LogP contribution in [0.5, 0.6) is 0 Å². The Balaban J connectivity index is 1.59. The first-order valence-electron chi connectivity index (χ1n) is 22.2. The Kier molecular flexibility index (Phi) is 17.6. The molecule has 14 heteroatoms. The SMILES string of the molecule is CC[C@H]1OC(=O)[C@H](C)[C@@H](O/C=C\Cc2cnc3ccccc3c2)[C@H](C)[C@@H](O[C@@H]2O[C@H](C)C[C@H](N(C)C)[C@H]2O)[C@](C)(OC)C[C@@H](C)/C(=N\OCc2ccccc2Cl)[C@H](C)[C@@H](O)[C@]1(C)O. The molecule has 0 spiro atoms. The molecule has 2 aromatic carbocycles. The number of aliphatic hydroxyl groups is 3. The highest BCUT2D eigenvalue weighted by atomic mass is 35.5. The molecule has 3 heterocycles. The van der Waals surface area contributed by atoms with Gasteiger partial charge in [-0.25, -0.2) is 0 Å². The molecule has 0 saturated carbocycles. The van der Waals surface area contributed by atoms with Gasteiger partial charge in [-0.1, -0.05) is 80.8 Å². The van der Waals surface area contributed by atoms with Crippen LogP contribution >= 0.6 is 11.6 Å². The fraction of sp³-hybridized carbons (Fsp3) is 0.612. The molecule has 0 radical (unpaired) electrons. The number of aromatic nitrogens is 1. The van der Waals surface area contributed by atoms with Crippen LogP contribution in [0.4, 0.5) is 0 Å². The summed E-state index contributed by atoms with van der Waals surface area (Å²) >= 11 is 6.46. The van der Waals surface area contributed by atoms with Gasteiger partial charge in [0.1, 0.15) is 30.5 Å². The van der Waals surface area contributed by atoms with Crippen molar-refractivity contribution in [3.05, 3.63) is 89.3 Å². The summed E-state index contributed by atoms with van der Waals surface area (Å²) in [5, 5.41) is 42.1. The minimum Gasteiger partial charge on any atom is -0.497 e. The van der Waals surface area contributed by atoms with Gasteiger partial charge >= 0.3 is 5.97 Å². The van der Waals surface area contributed by atoms with Crippen LogP contribution in [0, 0.1) is 23.7 Å². The van der Waals surface area contributed by atoms with Crippen molar-refractivity contribution < 1.29 is 48.6 Å². The molecule has 0 unspecified atom stereocenters. The molecule has 2 aliphatic heterocycles. The number of para-hydroxylation sites is 1. The van der Waals surface area contributed by atoms with E-state index in [1.54, 1.807) is 40.2 Å². The van der Waals surface area contributed by atoms with Gasteiger partial charge in [-0.15, -0.1) is 0 Å². The standard InChI is InChI=1S/C49H70ClN3O10/c1-12-40-49(8,57)44(55)31(4)41(52-60-28-36-20-13-15-21-37(36)50)29(2)26-48(7,58-11)45(63-47-42(54)39(53(9)10)24-30(3)61-47)32(5)43(33(6)46(56)62-40)59-23-17-18-34-25-35-19-14-16-22-38(35)51-27-34/h13-17,19-23,25,27,29-33,39-40,42-45,47,54-55,57H,12,18,24,26,28H2,1-11H3/b23-17-,52-41+/t29-,30-,31+,32+,33-,39+,40-,42-,43+,44-,45-,47+,48-,49-/m1/s1. The normalized spacial score (nSPS) is 35.7. The second-order valence-corrected chi connectivity index (χ2v) is 18.7. The molecule has 0 amide bonds. The van der Waals surface area contributed by atoms with Gasteiger partial charge in [0.25, 0.3) is 0 Å². The Bertz CT molecular complexity index is 2010. The lowest BCUT2D eigenvalue weighted by molar-refractivity contribution is -0.301. The van der Waals surface area contributed by atoms with Crippen molar-refractivity contribution in [2.45, 2.75) is 148 Å². The van der Waals surface area contributed by atoms with E-state index in [0.29, 0.717) is 23.6 Å². The second-order valence-electron chi connectivity index (χ2n) is 18.3. The number of nitrogens with zero attached hydrogens (tertiary/aromatic N) is 3. The first-order chi connectivity index (χ1) is 29.8. The third kappa shape index (κ3) is 12.0. The Morgan fingerprint density at radius 1 is 1.03 bits per heavy atom. The number of benzene rings is 2. The molecule has 0 aliphatic carbocycles. The van der Waals surface area contributed by atoms with Crippen molar-refractivity contribution in [1.29, 1.82) is 0 Å². The van der Waals surface area contributed by atoms with E-state index >= 15 is 0 Å². The van der Waals surface area contributed by atoms with Gasteiger partial charge in [0.05, 0.1) is 47.3 Å². The maximum absolute atomic E-state index is 14.4. The average molecular weight is 897 g/mol. The number of oxime groups is 1. The molecule has 5 rings (SSSR count). The summed E-state index contributed by atoms with van der Waals surface area (Å²) in [6.07, 6.45) is 0.199. The van der Waals surface area contributed by atoms with Crippen LogP contribution < -0.4 is 0 Å². The molecule has 13 nitrogen and oxygen atoms in total. The largest absolute Gasteiger partial charge is 0.497 e. The number of allylic oxidation sites excluding steroid dienone is 1. The zero-order valence-electron chi connectivity index (χ0n) is 38.8. The van der Waals surface area contributed by atoms with Crippen molar-refractivity contribution in [2.75, 3.05) is 21.2 Å². The summed E-state index contributed by atoms with van der Waals surface area (Å²) in [6, 6.07) is 17.0. The molecule has 348 valence electrons. The van der Waals surface area contributed by atoms with Gasteiger partial charge in [0.2, 0.25) is 0 Å². The van der Waals surface area contributed by atoms with Crippen molar-refractivity contribution in [3.8, 4) is 0 Å². The molecule has 2 aliphatic rings. The highest BCUT2D eigenvalue weighted by Crippen LogP contribution is 2.40. The highest BCUT2D eigenvalue weighted by Gasteiger charge is 2.52. The molecule has 2 fully saturated rings. The molecule has 0 bridgehead atoms. The number of carbonyl (C=O) groups excluding carboxylic acids is 1. The van der Waals surface area contributed by atoms with E-state index in [-0.39, 0.29) is 31.6 Å². The predicted octanol–water partition coefficient (Wildman–Crippen LogP) is 7.50. The van der Waals surface area contributed by atoms with Gasteiger partial charge in [0.15, 0.2) is 6.29 Å². The zero-order valence-corrected chi connectivity index (χ0v) is 39.6. The number of hydrogen-bond acceptors (Lipinski definition) is 13. The minimum absolute atomic E-state index is 0.0541. The Morgan fingerprint density at radius 2 is 1.73 bits per heavy atom. The van der Waals surface area contributed by atoms with Crippen LogP contribution in [0.15, 0.2) is 78.3 Å². The zero-order chi connectivity index (χ0) is 46.2. The Labute approximate surface area is 378 Å². The number of methoxy groups -OCH3 is 1. The monoisotopic (exact) mass is 895 g/mol. The van der Waals surface area contributed by atoms with E-state index in [1.807, 2.05) is 101 Å². The quantitative estimate of drug-likeness (QED) is 0.0935. The van der Waals surface area contributed by atoms with Gasteiger partial charge in [0, 0.05) is 53.1 Å². The predicted molar refractivity (Wildman–Crippen MR) is 244 cm³/mol. The number of aliphatic hydroxyl groups excluding tert-OH is 2. The third-order valence-corrected chi connectivity index (χ3v) is 13.6. The lowest BCUT2D eigenvalue weighted by Crippen LogP contribution is -2.60. The van der Waals surface area contributed by atoms with Gasteiger partial charge < -0.3 is 48.7 Å². The molecular formula is C49H70ClN3O10. The van der Waals surface area contributed by atoms with E-state index in [0.717, 1.165) is 22.0 Å². The number of hydrogen-bond donors (Lipinski definition) is 3. The Hall–Kier alpha value is -3.66. The number of pyridine rings is 1. The average Bonchev–Trinajstić information content (AvgIpc) is 3.25. The van der Waals surface area contributed by atoms with Crippen LogP contribution in [-0.2, 0) is 46.3 Å². The molecule has 63 heavy (non-hydrogen) atoms. The van der Waals surface area contributed by atoms with Crippen LogP contribution in [-0.4, -0.2) is 118 Å². The molecule has 14 atom stereocenters. The number of fused-ring (bicyclic) bond motifs is 1. The number of halogens is 1. The van der Waals surface area contributed by atoms with Gasteiger partial charge in [-0.3, -0.25) is 9.78 Å². The van der Waals surface area contributed by atoms with Crippen molar-refractivity contribution in [2.24, 2.45) is 28.8 Å². The number of likely N-dealkylation sites (N-methyl/N-ethyl adjacent to an activating group) is 1. The van der Waals surface area contributed by atoms with E-state index in [9.17, 15) is 20.1 Å². The highest BCUT2D eigenvalue weighted by molar-refractivity contribution is 6.31. The number of cyclic esters (lactones) is 1. The number of carbonyl (C=O) groups is 1. The molecule has 3 N–H and O–H groups in total. The van der Waals surface area contributed by atoms with Gasteiger partial charge in [-0.2, -0.15) is 0 Å². The topological polar surface area (TPSA) is 162 Å². The lowest BCUT2D eigenvalue weighted by atomic mass is 9.73. The molecular weight excluding hydrogens is 826 g/mol. The fourth-order valence-electron chi connectivity index (χ4n) is 9.35. The summed E-state index contributed by atoms with van der Waals surface area (Å²) < 4.78 is 32.6. The smallest absolute Gasteiger partial charge is 0.312 e. The maximum atomic E-state index is 14.4. The summed E-state index contributed by atoms with van der Waals surface area (Å²) in [6.45, 7) is 14.5. The number of esters is 1. The fourth-order valence-corrected chi connectivity index (χ4v) is 9.54. The summed E-state index contributed by atoms with van der Waals surface area (Å²) in [4.78, 5) is 26.9. The molecule has 2 saturated heterocycles. The third-order valence-electron chi connectivity index (χ3n) is 13.2. The first-order valence-corrected chi connectivity index (χ1v) is 22.6. The molecule has 1 aromatic heterocycles. The van der Waals surface area contributed by atoms with Crippen LogP contribution in [0.25, 0.3) is 10.9 Å². The van der Waals surface area contributed by atoms with Crippen LogP contribution in [0.2, 0.25) is 5.02 Å². The number of rotatable bonds is 12. The Morgan fingerprint density at radius 3 is 2.41 bits per heavy atom. The van der Waals surface area contributed by atoms with Crippen molar-refractivity contribution in [1.82, 2.24) is 9.88 Å². The summed E-state index contributed by atoms with van der Waals surface area (Å²) in [5.41, 5.74) is -0.0454. The lowest BCUT2D eigenvalue weighted by Gasteiger charge is -2.48. The van der Waals surface area contributed by atoms with Crippen molar-refractivity contribution >= 4 is 34.2 Å². The van der Waals surface area contributed by atoms with Crippen LogP contribution in [0.1, 0.15) is 85.8 Å². The second kappa shape index (κ2) is 22.0. The van der Waals surface area contributed by atoms with E-state index < -0.39 is 77.7 Å². The van der Waals surface area contributed by atoms with E-state index in [4.69, 9.17) is 40.1 Å². The first kappa shape index (κ1) is 50.3. The van der Waals surface area contributed by atoms with E-state index in [2.05, 4.69) is 16.2 Å². The maximum Gasteiger partial charge on any atom is 0.312 e.